The number of hydrogen-bond donors (Lipinski definition) is 1. The van der Waals surface area contributed by atoms with Gasteiger partial charge < -0.3 is 19.9 Å². The topological polar surface area (TPSA) is 44.8 Å². The molecule has 0 radical (unpaired) electrons. The standard InChI is InChI=1S/C15H21N3O2.2ClH/c1-17-8-4-9-18(13-6-3-2-5-12(13)17)15(19)14-11-16-7-10-20-14;;/h2-3,5-6,14,16H,4,7-11H2,1H3;2*1H. The molecule has 0 saturated carbocycles. The highest BCUT2D eigenvalue weighted by Gasteiger charge is 2.30. The lowest BCUT2D eigenvalue weighted by atomic mass is 10.2. The molecule has 5 nitrogen and oxygen atoms in total. The SMILES string of the molecule is CN1CCCN(C(=O)C2CNCCO2)c2ccccc21.Cl.Cl. The summed E-state index contributed by atoms with van der Waals surface area (Å²) >= 11 is 0. The fourth-order valence-corrected chi connectivity index (χ4v) is 2.85. The quantitative estimate of drug-likeness (QED) is 0.839. The maximum atomic E-state index is 12.7. The van der Waals surface area contributed by atoms with Gasteiger partial charge in [-0.25, -0.2) is 0 Å². The van der Waals surface area contributed by atoms with E-state index >= 15 is 0 Å². The summed E-state index contributed by atoms with van der Waals surface area (Å²) in [7, 11) is 2.07. The lowest BCUT2D eigenvalue weighted by Crippen LogP contribution is -2.49. The number of nitrogens with one attached hydrogen (secondary N) is 1. The Hall–Kier alpha value is -1.01. The molecule has 2 heterocycles. The Kier molecular flexibility index (Phi) is 7.42. The second-order valence-corrected chi connectivity index (χ2v) is 5.32. The van der Waals surface area contributed by atoms with E-state index in [-0.39, 0.29) is 36.8 Å². The monoisotopic (exact) mass is 347 g/mol. The van der Waals surface area contributed by atoms with Crippen molar-refractivity contribution >= 4 is 42.1 Å². The van der Waals surface area contributed by atoms with Crippen molar-refractivity contribution in [3.05, 3.63) is 24.3 Å². The van der Waals surface area contributed by atoms with Gasteiger partial charge in [0.1, 0.15) is 6.10 Å². The van der Waals surface area contributed by atoms with E-state index in [9.17, 15) is 4.79 Å². The first-order chi connectivity index (χ1) is 9.77. The van der Waals surface area contributed by atoms with Gasteiger partial charge in [0.15, 0.2) is 0 Å². The minimum atomic E-state index is -0.361. The van der Waals surface area contributed by atoms with Gasteiger partial charge in [-0.05, 0) is 18.6 Å². The van der Waals surface area contributed by atoms with Crippen molar-refractivity contribution in [1.82, 2.24) is 5.32 Å². The van der Waals surface area contributed by atoms with Crippen LogP contribution in [0.5, 0.6) is 0 Å². The van der Waals surface area contributed by atoms with E-state index in [0.29, 0.717) is 13.2 Å². The molecule has 7 heteroatoms. The lowest BCUT2D eigenvalue weighted by Gasteiger charge is -2.30. The minimum absolute atomic E-state index is 0. The Morgan fingerprint density at radius 3 is 2.64 bits per heavy atom. The molecule has 0 aromatic heterocycles. The summed E-state index contributed by atoms with van der Waals surface area (Å²) in [6, 6.07) is 8.09. The normalized spacial score (nSPS) is 21.0. The fraction of sp³-hybridized carbons (Fsp3) is 0.533. The third-order valence-electron chi connectivity index (χ3n) is 3.93. The number of morpholine rings is 1. The molecule has 0 aliphatic carbocycles. The smallest absolute Gasteiger partial charge is 0.257 e. The van der Waals surface area contributed by atoms with Crippen molar-refractivity contribution in [2.45, 2.75) is 12.5 Å². The fourth-order valence-electron chi connectivity index (χ4n) is 2.85. The number of fused-ring (bicyclic) bond motifs is 1. The van der Waals surface area contributed by atoms with Crippen LogP contribution in [-0.4, -0.2) is 51.8 Å². The van der Waals surface area contributed by atoms with Crippen molar-refractivity contribution in [3.8, 4) is 0 Å². The number of hydrogen-bond acceptors (Lipinski definition) is 4. The number of amides is 1. The number of para-hydroxylation sites is 2. The second kappa shape index (κ2) is 8.58. The summed E-state index contributed by atoms with van der Waals surface area (Å²) in [4.78, 5) is 16.8. The Bertz CT molecular complexity index is 495. The highest BCUT2D eigenvalue weighted by Crippen LogP contribution is 2.31. The number of nitrogens with zero attached hydrogens (tertiary/aromatic N) is 2. The maximum Gasteiger partial charge on any atom is 0.257 e. The van der Waals surface area contributed by atoms with E-state index < -0.39 is 0 Å². The molecular weight excluding hydrogens is 325 g/mol. The van der Waals surface area contributed by atoms with Gasteiger partial charge in [-0.2, -0.15) is 0 Å². The number of carbonyl (C=O) groups excluding carboxylic acids is 1. The third kappa shape index (κ3) is 3.84. The Morgan fingerprint density at radius 1 is 1.23 bits per heavy atom. The van der Waals surface area contributed by atoms with Crippen molar-refractivity contribution in [2.24, 2.45) is 0 Å². The Labute approximate surface area is 143 Å². The molecule has 3 rings (SSSR count). The van der Waals surface area contributed by atoms with Crippen LogP contribution in [0, 0.1) is 0 Å². The number of rotatable bonds is 1. The van der Waals surface area contributed by atoms with Crippen molar-refractivity contribution in [3.63, 3.8) is 0 Å². The van der Waals surface area contributed by atoms with Gasteiger partial charge in [0.05, 0.1) is 18.0 Å². The van der Waals surface area contributed by atoms with Gasteiger partial charge in [-0.1, -0.05) is 12.1 Å². The first-order valence-electron chi connectivity index (χ1n) is 7.21. The summed E-state index contributed by atoms with van der Waals surface area (Å²) in [5.74, 6) is 0.0694. The van der Waals surface area contributed by atoms with Crippen LogP contribution in [0.4, 0.5) is 11.4 Å². The molecule has 1 N–H and O–H groups in total. The molecule has 124 valence electrons. The minimum Gasteiger partial charge on any atom is -0.373 e. The van der Waals surface area contributed by atoms with Crippen LogP contribution in [0.25, 0.3) is 0 Å². The van der Waals surface area contributed by atoms with E-state index in [1.165, 1.54) is 0 Å². The number of anilines is 2. The Balaban J connectivity index is 0.00000121. The predicted molar refractivity (Wildman–Crippen MR) is 93.8 cm³/mol. The van der Waals surface area contributed by atoms with E-state index in [4.69, 9.17) is 4.74 Å². The molecule has 1 unspecified atom stereocenters. The van der Waals surface area contributed by atoms with Crippen LogP contribution in [0.2, 0.25) is 0 Å². The summed E-state index contributed by atoms with van der Waals surface area (Å²) in [5.41, 5.74) is 2.11. The van der Waals surface area contributed by atoms with Gasteiger partial charge in [-0.15, -0.1) is 24.8 Å². The molecular formula is C15H23Cl2N3O2. The van der Waals surface area contributed by atoms with Gasteiger partial charge in [0.2, 0.25) is 0 Å². The highest BCUT2D eigenvalue weighted by atomic mass is 35.5. The zero-order chi connectivity index (χ0) is 13.9. The number of halogens is 2. The van der Waals surface area contributed by atoms with E-state index in [1.54, 1.807) is 0 Å². The first-order valence-corrected chi connectivity index (χ1v) is 7.21. The van der Waals surface area contributed by atoms with E-state index in [1.807, 2.05) is 23.1 Å². The molecule has 0 bridgehead atoms. The van der Waals surface area contributed by atoms with E-state index in [0.717, 1.165) is 37.4 Å². The zero-order valence-corrected chi connectivity index (χ0v) is 14.3. The molecule has 1 amide bonds. The summed E-state index contributed by atoms with van der Waals surface area (Å²) in [6.07, 6.45) is 0.608. The average molecular weight is 348 g/mol. The van der Waals surface area contributed by atoms with Gasteiger partial charge in [0.25, 0.3) is 5.91 Å². The van der Waals surface area contributed by atoms with Gasteiger partial charge in [0, 0.05) is 33.2 Å². The number of benzene rings is 1. The molecule has 2 aliphatic heterocycles. The number of ether oxygens (including phenoxy) is 1. The average Bonchev–Trinajstić information content (AvgIpc) is 2.67. The van der Waals surface area contributed by atoms with Crippen LogP contribution in [0.1, 0.15) is 6.42 Å². The molecule has 1 aromatic rings. The third-order valence-corrected chi connectivity index (χ3v) is 3.93. The van der Waals surface area contributed by atoms with Gasteiger partial charge in [-0.3, -0.25) is 4.79 Å². The van der Waals surface area contributed by atoms with Crippen LogP contribution in [0.3, 0.4) is 0 Å². The van der Waals surface area contributed by atoms with Crippen molar-refractivity contribution < 1.29 is 9.53 Å². The van der Waals surface area contributed by atoms with Crippen LogP contribution in [0.15, 0.2) is 24.3 Å². The highest BCUT2D eigenvalue weighted by molar-refractivity contribution is 6.00. The largest absolute Gasteiger partial charge is 0.373 e. The molecule has 22 heavy (non-hydrogen) atoms. The van der Waals surface area contributed by atoms with Crippen LogP contribution < -0.4 is 15.1 Å². The Morgan fingerprint density at radius 2 is 1.95 bits per heavy atom. The molecule has 1 saturated heterocycles. The predicted octanol–water partition coefficient (Wildman–Crippen LogP) is 1.69. The first kappa shape index (κ1) is 19.0. The molecule has 1 atom stereocenters. The van der Waals surface area contributed by atoms with Crippen molar-refractivity contribution in [2.75, 3.05) is 49.6 Å². The van der Waals surface area contributed by atoms with Crippen LogP contribution in [-0.2, 0) is 9.53 Å². The molecule has 1 fully saturated rings. The summed E-state index contributed by atoms with van der Waals surface area (Å²) in [6.45, 7) is 3.74. The molecule has 1 aromatic carbocycles. The van der Waals surface area contributed by atoms with E-state index in [2.05, 4.69) is 23.3 Å². The molecule has 0 spiro atoms. The van der Waals surface area contributed by atoms with Crippen LogP contribution >= 0.6 is 24.8 Å². The number of carbonyl (C=O) groups is 1. The summed E-state index contributed by atoms with van der Waals surface area (Å²) in [5, 5.41) is 3.22. The lowest BCUT2D eigenvalue weighted by molar-refractivity contribution is -0.131. The zero-order valence-electron chi connectivity index (χ0n) is 12.7. The summed E-state index contributed by atoms with van der Waals surface area (Å²) < 4.78 is 5.61. The molecule has 2 aliphatic rings. The van der Waals surface area contributed by atoms with Crippen molar-refractivity contribution in [1.29, 1.82) is 0 Å². The second-order valence-electron chi connectivity index (χ2n) is 5.32. The van der Waals surface area contributed by atoms with Gasteiger partial charge >= 0.3 is 0 Å². The maximum absolute atomic E-state index is 12.7.